The molecule has 0 spiro atoms. The molecular formula is C31H46O8. The van der Waals surface area contributed by atoms with Gasteiger partial charge >= 0.3 is 0 Å². The summed E-state index contributed by atoms with van der Waals surface area (Å²) in [7, 11) is 3.27. The van der Waals surface area contributed by atoms with Crippen molar-refractivity contribution in [3.8, 4) is 11.5 Å². The van der Waals surface area contributed by atoms with Crippen LogP contribution in [0.3, 0.4) is 0 Å². The highest BCUT2D eigenvalue weighted by molar-refractivity contribution is 5.27. The summed E-state index contributed by atoms with van der Waals surface area (Å²) < 4.78 is 34.7. The minimum absolute atomic E-state index is 0.00655. The molecular weight excluding hydrogens is 500 g/mol. The summed E-state index contributed by atoms with van der Waals surface area (Å²) in [4.78, 5) is 0. The number of ether oxygens (including phenoxy) is 6. The van der Waals surface area contributed by atoms with Gasteiger partial charge in [0.2, 0.25) is 0 Å². The number of aliphatic hydroxyl groups excluding tert-OH is 2. The van der Waals surface area contributed by atoms with E-state index >= 15 is 0 Å². The first-order valence-corrected chi connectivity index (χ1v) is 13.7. The summed E-state index contributed by atoms with van der Waals surface area (Å²) in [6.07, 6.45) is -2.70. The molecule has 0 aromatic heterocycles. The second-order valence-corrected chi connectivity index (χ2v) is 11.1. The first-order chi connectivity index (χ1) is 18.5. The summed E-state index contributed by atoms with van der Waals surface area (Å²) in [6.45, 7) is 11.2. The lowest BCUT2D eigenvalue weighted by Crippen LogP contribution is -2.47. The van der Waals surface area contributed by atoms with E-state index in [1.807, 2.05) is 76.2 Å². The van der Waals surface area contributed by atoms with Gasteiger partial charge in [0.1, 0.15) is 11.5 Å². The van der Waals surface area contributed by atoms with Crippen molar-refractivity contribution in [3.63, 3.8) is 0 Å². The Balaban J connectivity index is 1.51. The van der Waals surface area contributed by atoms with Crippen molar-refractivity contribution in [2.75, 3.05) is 27.4 Å². The molecule has 3 rings (SSSR count). The zero-order valence-corrected chi connectivity index (χ0v) is 24.3. The molecule has 39 heavy (non-hydrogen) atoms. The maximum atomic E-state index is 11.1. The molecule has 7 atom stereocenters. The molecule has 1 aliphatic heterocycles. The highest BCUT2D eigenvalue weighted by Crippen LogP contribution is 2.38. The Morgan fingerprint density at radius 1 is 0.718 bits per heavy atom. The Labute approximate surface area is 233 Å². The van der Waals surface area contributed by atoms with E-state index in [2.05, 4.69) is 6.92 Å². The predicted molar refractivity (Wildman–Crippen MR) is 149 cm³/mol. The monoisotopic (exact) mass is 546 g/mol. The highest BCUT2D eigenvalue weighted by Gasteiger charge is 2.48. The van der Waals surface area contributed by atoms with E-state index in [4.69, 9.17) is 28.4 Å². The van der Waals surface area contributed by atoms with Crippen LogP contribution < -0.4 is 9.47 Å². The van der Waals surface area contributed by atoms with Crippen LogP contribution in [0, 0.1) is 17.8 Å². The standard InChI is InChI=1S/C31H46O8/c1-20(16-36-18-23-8-12-25(34-6)13-9-23)27(32)28(33)22(3)30-29(38-31(4,5)39-30)21(2)17-37-19-24-10-14-26(35-7)15-11-24/h8-15,20-22,27-30,32-33H,16-19H2,1-7H3/t20-,21+,22+,27-,28-,29+,30+/m1/s1. The van der Waals surface area contributed by atoms with Gasteiger partial charge in [0.25, 0.3) is 0 Å². The molecule has 1 saturated heterocycles. The largest absolute Gasteiger partial charge is 0.497 e. The first-order valence-electron chi connectivity index (χ1n) is 13.7. The SMILES string of the molecule is COc1ccc(COC[C@@H](C)[C@@H](O)[C@H](O)[C@H](C)[C@@H]2OC(C)(C)O[C@H]2[C@@H](C)COCc2ccc(OC)cc2)cc1. The quantitative estimate of drug-likeness (QED) is 0.335. The van der Waals surface area contributed by atoms with E-state index in [1.165, 1.54) is 0 Å². The topological polar surface area (TPSA) is 95.8 Å². The van der Waals surface area contributed by atoms with E-state index in [0.717, 1.165) is 22.6 Å². The van der Waals surface area contributed by atoms with Crippen LogP contribution in [0.25, 0.3) is 0 Å². The van der Waals surface area contributed by atoms with E-state index in [0.29, 0.717) is 26.4 Å². The van der Waals surface area contributed by atoms with Gasteiger partial charge < -0.3 is 38.6 Å². The molecule has 0 radical (unpaired) electrons. The number of hydrogen-bond acceptors (Lipinski definition) is 8. The molecule has 1 heterocycles. The molecule has 8 heteroatoms. The van der Waals surface area contributed by atoms with Gasteiger partial charge in [0, 0.05) is 17.8 Å². The van der Waals surface area contributed by atoms with Crippen LogP contribution in [0.15, 0.2) is 48.5 Å². The summed E-state index contributed by atoms with van der Waals surface area (Å²) >= 11 is 0. The van der Waals surface area contributed by atoms with Gasteiger partial charge in [-0.1, -0.05) is 45.0 Å². The number of benzene rings is 2. The average molecular weight is 547 g/mol. The number of hydrogen-bond donors (Lipinski definition) is 2. The second-order valence-electron chi connectivity index (χ2n) is 11.1. The lowest BCUT2D eigenvalue weighted by Gasteiger charge is -2.34. The Morgan fingerprint density at radius 2 is 1.18 bits per heavy atom. The third-order valence-corrected chi connectivity index (χ3v) is 7.33. The van der Waals surface area contributed by atoms with Crippen molar-refractivity contribution < 1.29 is 38.6 Å². The normalized spacial score (nSPS) is 22.6. The highest BCUT2D eigenvalue weighted by atomic mass is 16.8. The second kappa shape index (κ2) is 14.4. The van der Waals surface area contributed by atoms with Gasteiger partial charge in [-0.15, -0.1) is 0 Å². The molecule has 0 aliphatic carbocycles. The maximum absolute atomic E-state index is 11.1. The molecule has 0 saturated carbocycles. The van der Waals surface area contributed by atoms with E-state index < -0.39 is 24.1 Å². The Morgan fingerprint density at radius 3 is 1.67 bits per heavy atom. The van der Waals surface area contributed by atoms with E-state index in [-0.39, 0.29) is 23.9 Å². The fourth-order valence-corrected chi connectivity index (χ4v) is 4.87. The number of aliphatic hydroxyl groups is 2. The summed E-state index contributed by atoms with van der Waals surface area (Å²) in [5.41, 5.74) is 2.06. The number of rotatable bonds is 15. The Hall–Kier alpha value is -2.20. The molecule has 1 aliphatic rings. The molecule has 2 N–H and O–H groups in total. The average Bonchev–Trinajstić information content (AvgIpc) is 3.27. The zero-order valence-electron chi connectivity index (χ0n) is 24.3. The van der Waals surface area contributed by atoms with Crippen LogP contribution in [0.4, 0.5) is 0 Å². The van der Waals surface area contributed by atoms with Gasteiger partial charge in [0.15, 0.2) is 5.79 Å². The van der Waals surface area contributed by atoms with Crippen molar-refractivity contribution in [2.24, 2.45) is 17.8 Å². The minimum atomic E-state index is -1.01. The van der Waals surface area contributed by atoms with Crippen molar-refractivity contribution >= 4 is 0 Å². The van der Waals surface area contributed by atoms with Gasteiger partial charge in [-0.05, 0) is 49.2 Å². The van der Waals surface area contributed by atoms with Gasteiger partial charge in [-0.2, -0.15) is 0 Å². The first kappa shape index (κ1) is 31.3. The fourth-order valence-electron chi connectivity index (χ4n) is 4.87. The minimum Gasteiger partial charge on any atom is -0.497 e. The Kier molecular flexibility index (Phi) is 11.6. The van der Waals surface area contributed by atoms with Gasteiger partial charge in [-0.25, -0.2) is 0 Å². The van der Waals surface area contributed by atoms with E-state index in [1.54, 1.807) is 14.2 Å². The van der Waals surface area contributed by atoms with Gasteiger partial charge in [-0.3, -0.25) is 0 Å². The lowest BCUT2D eigenvalue weighted by atomic mass is 9.84. The molecule has 2 aromatic carbocycles. The van der Waals surface area contributed by atoms with Crippen LogP contribution in [0.5, 0.6) is 11.5 Å². The molecule has 2 aromatic rings. The smallest absolute Gasteiger partial charge is 0.163 e. The molecule has 8 nitrogen and oxygen atoms in total. The maximum Gasteiger partial charge on any atom is 0.163 e. The lowest BCUT2D eigenvalue weighted by molar-refractivity contribution is -0.161. The van der Waals surface area contributed by atoms with Crippen molar-refractivity contribution in [1.82, 2.24) is 0 Å². The van der Waals surface area contributed by atoms with Crippen LogP contribution in [-0.4, -0.2) is 67.8 Å². The molecule has 0 bridgehead atoms. The molecule has 218 valence electrons. The Bertz CT molecular complexity index is 977. The zero-order chi connectivity index (χ0) is 28.6. The summed E-state index contributed by atoms with van der Waals surface area (Å²) in [5, 5.41) is 22.1. The van der Waals surface area contributed by atoms with Crippen LogP contribution in [-0.2, 0) is 32.2 Å². The van der Waals surface area contributed by atoms with Crippen molar-refractivity contribution in [1.29, 1.82) is 0 Å². The fraction of sp³-hybridized carbons (Fsp3) is 0.613. The van der Waals surface area contributed by atoms with Crippen molar-refractivity contribution in [3.05, 3.63) is 59.7 Å². The third-order valence-electron chi connectivity index (χ3n) is 7.33. The predicted octanol–water partition coefficient (Wildman–Crippen LogP) is 4.59. The molecule has 1 fully saturated rings. The number of methoxy groups -OCH3 is 2. The van der Waals surface area contributed by atoms with Crippen LogP contribution in [0.2, 0.25) is 0 Å². The van der Waals surface area contributed by atoms with Gasteiger partial charge in [0.05, 0.1) is 65.1 Å². The van der Waals surface area contributed by atoms with E-state index in [9.17, 15) is 10.2 Å². The molecule has 0 unspecified atom stereocenters. The van der Waals surface area contributed by atoms with Crippen LogP contribution in [0.1, 0.15) is 45.7 Å². The third kappa shape index (κ3) is 8.90. The summed E-state index contributed by atoms with van der Waals surface area (Å²) in [6, 6.07) is 15.4. The molecule has 0 amide bonds. The summed E-state index contributed by atoms with van der Waals surface area (Å²) in [5.74, 6) is 0.150. The van der Waals surface area contributed by atoms with Crippen molar-refractivity contribution in [2.45, 2.75) is 78.0 Å². The van der Waals surface area contributed by atoms with Crippen LogP contribution >= 0.6 is 0 Å².